The van der Waals surface area contributed by atoms with Crippen molar-refractivity contribution in [2.24, 2.45) is 0 Å². The molecule has 0 aliphatic rings. The van der Waals surface area contributed by atoms with Gasteiger partial charge in [0.05, 0.1) is 11.3 Å². The molecule has 0 bridgehead atoms. The van der Waals surface area contributed by atoms with E-state index in [1.165, 1.54) is 30.9 Å². The second kappa shape index (κ2) is 8.82. The van der Waals surface area contributed by atoms with E-state index < -0.39 is 4.92 Å². The zero-order valence-corrected chi connectivity index (χ0v) is 13.8. The lowest BCUT2D eigenvalue weighted by Crippen LogP contribution is -2.15. The third kappa shape index (κ3) is 5.19. The van der Waals surface area contributed by atoms with Gasteiger partial charge >= 0.3 is 0 Å². The van der Waals surface area contributed by atoms with Crippen LogP contribution in [0.3, 0.4) is 0 Å². The van der Waals surface area contributed by atoms with Gasteiger partial charge in [0.2, 0.25) is 5.91 Å². The molecule has 0 heterocycles. The van der Waals surface area contributed by atoms with Gasteiger partial charge < -0.3 is 5.32 Å². The molecular formula is C19H22N2O3. The van der Waals surface area contributed by atoms with Gasteiger partial charge in [-0.15, -0.1) is 0 Å². The Morgan fingerprint density at radius 3 is 2.46 bits per heavy atom. The van der Waals surface area contributed by atoms with Crippen LogP contribution in [0.4, 0.5) is 11.4 Å². The number of nitro benzene ring substituents is 1. The maximum Gasteiger partial charge on any atom is 0.273 e. The number of hydrogen-bond acceptors (Lipinski definition) is 3. The molecule has 0 saturated heterocycles. The van der Waals surface area contributed by atoms with Crippen LogP contribution in [0.2, 0.25) is 0 Å². The number of carbonyl (C=O) groups excluding carboxylic acids is 1. The minimum absolute atomic E-state index is 0.0184. The number of nitrogens with one attached hydrogen (secondary N) is 1. The summed E-state index contributed by atoms with van der Waals surface area (Å²) in [6.45, 7) is 2.18. The van der Waals surface area contributed by atoms with Crippen molar-refractivity contribution in [1.29, 1.82) is 0 Å². The van der Waals surface area contributed by atoms with E-state index in [2.05, 4.69) is 12.2 Å². The van der Waals surface area contributed by atoms with E-state index in [0.717, 1.165) is 6.42 Å². The van der Waals surface area contributed by atoms with Crippen molar-refractivity contribution in [2.75, 3.05) is 5.32 Å². The normalized spacial score (nSPS) is 10.4. The summed E-state index contributed by atoms with van der Waals surface area (Å²) in [4.78, 5) is 22.6. The Balaban J connectivity index is 1.94. The summed E-state index contributed by atoms with van der Waals surface area (Å²) < 4.78 is 0. The Bertz CT molecular complexity index is 696. The number of nitrogens with zero attached hydrogens (tertiary/aromatic N) is 1. The molecule has 0 unspecified atom stereocenters. The molecule has 2 aromatic rings. The van der Waals surface area contributed by atoms with E-state index in [0.29, 0.717) is 11.3 Å². The highest BCUT2D eigenvalue weighted by Gasteiger charge is 2.15. The number of rotatable bonds is 8. The van der Waals surface area contributed by atoms with E-state index in [1.807, 2.05) is 24.3 Å². The highest BCUT2D eigenvalue weighted by molar-refractivity contribution is 5.92. The van der Waals surface area contributed by atoms with Crippen molar-refractivity contribution in [3.05, 3.63) is 69.8 Å². The summed E-state index contributed by atoms with van der Waals surface area (Å²) in [5.74, 6) is -0.261. The Kier molecular flexibility index (Phi) is 6.49. The number of amides is 1. The molecule has 0 radical (unpaired) electrons. The highest BCUT2D eigenvalue weighted by atomic mass is 16.6. The van der Waals surface area contributed by atoms with Crippen LogP contribution >= 0.6 is 0 Å². The third-order valence-corrected chi connectivity index (χ3v) is 3.85. The van der Waals surface area contributed by atoms with Crippen LogP contribution in [-0.2, 0) is 17.6 Å². The fourth-order valence-electron chi connectivity index (χ4n) is 2.55. The molecule has 2 aromatic carbocycles. The van der Waals surface area contributed by atoms with Crippen LogP contribution in [0, 0.1) is 10.1 Å². The van der Waals surface area contributed by atoms with Crippen LogP contribution < -0.4 is 5.32 Å². The second-order valence-corrected chi connectivity index (χ2v) is 5.76. The lowest BCUT2D eigenvalue weighted by molar-refractivity contribution is -0.385. The van der Waals surface area contributed by atoms with Crippen molar-refractivity contribution in [3.63, 3.8) is 0 Å². The van der Waals surface area contributed by atoms with Gasteiger partial charge in [0.25, 0.3) is 5.69 Å². The summed E-state index contributed by atoms with van der Waals surface area (Å²) in [6, 6.07) is 14.1. The summed E-state index contributed by atoms with van der Waals surface area (Å²) in [7, 11) is 0. The maximum absolute atomic E-state index is 12.1. The SMILES string of the molecule is CCCCCc1ccc(NC(=O)Cc2ccccc2[N+](=O)[O-])cc1. The quantitative estimate of drug-likeness (QED) is 0.441. The number of anilines is 1. The maximum atomic E-state index is 12.1. The fraction of sp³-hybridized carbons (Fsp3) is 0.316. The molecule has 0 saturated carbocycles. The zero-order valence-electron chi connectivity index (χ0n) is 13.8. The minimum atomic E-state index is -0.465. The first kappa shape index (κ1) is 17.7. The molecule has 2 rings (SSSR count). The minimum Gasteiger partial charge on any atom is -0.326 e. The topological polar surface area (TPSA) is 72.2 Å². The molecule has 0 atom stereocenters. The van der Waals surface area contributed by atoms with Crippen LogP contribution in [0.5, 0.6) is 0 Å². The van der Waals surface area contributed by atoms with Crippen molar-refractivity contribution >= 4 is 17.3 Å². The molecule has 1 amide bonds. The third-order valence-electron chi connectivity index (χ3n) is 3.85. The van der Waals surface area contributed by atoms with Crippen LogP contribution in [0.25, 0.3) is 0 Å². The second-order valence-electron chi connectivity index (χ2n) is 5.76. The molecule has 1 N–H and O–H groups in total. The van der Waals surface area contributed by atoms with Crippen molar-refractivity contribution < 1.29 is 9.72 Å². The number of hydrogen-bond donors (Lipinski definition) is 1. The number of aryl methyl sites for hydroxylation is 1. The molecule has 0 spiro atoms. The molecule has 0 fully saturated rings. The molecule has 126 valence electrons. The monoisotopic (exact) mass is 326 g/mol. The van der Waals surface area contributed by atoms with Crippen molar-refractivity contribution in [3.8, 4) is 0 Å². The number of nitro groups is 1. The van der Waals surface area contributed by atoms with E-state index in [4.69, 9.17) is 0 Å². The first-order valence-corrected chi connectivity index (χ1v) is 8.21. The van der Waals surface area contributed by atoms with Crippen LogP contribution in [-0.4, -0.2) is 10.8 Å². The average Bonchev–Trinajstić information content (AvgIpc) is 2.57. The van der Waals surface area contributed by atoms with Crippen molar-refractivity contribution in [1.82, 2.24) is 0 Å². The van der Waals surface area contributed by atoms with Gasteiger partial charge in [0, 0.05) is 17.3 Å². The first-order chi connectivity index (χ1) is 11.6. The summed E-state index contributed by atoms with van der Waals surface area (Å²) >= 11 is 0. The van der Waals surface area contributed by atoms with Gasteiger partial charge in [-0.1, -0.05) is 50.1 Å². The fourth-order valence-corrected chi connectivity index (χ4v) is 2.55. The van der Waals surface area contributed by atoms with E-state index >= 15 is 0 Å². The summed E-state index contributed by atoms with van der Waals surface area (Å²) in [6.07, 6.45) is 4.60. The molecule has 5 heteroatoms. The number of benzene rings is 2. The standard InChI is InChI=1S/C19H22N2O3/c1-2-3-4-7-15-10-12-17(13-11-15)20-19(22)14-16-8-5-6-9-18(16)21(23)24/h5-6,8-13H,2-4,7,14H2,1H3,(H,20,22). The molecular weight excluding hydrogens is 304 g/mol. The predicted molar refractivity (Wildman–Crippen MR) is 95.1 cm³/mol. The molecule has 0 aliphatic carbocycles. The van der Waals surface area contributed by atoms with Crippen LogP contribution in [0.15, 0.2) is 48.5 Å². The Morgan fingerprint density at radius 1 is 1.08 bits per heavy atom. The van der Waals surface area contributed by atoms with Crippen LogP contribution in [0.1, 0.15) is 37.3 Å². The highest BCUT2D eigenvalue weighted by Crippen LogP contribution is 2.19. The largest absolute Gasteiger partial charge is 0.326 e. The van der Waals surface area contributed by atoms with Crippen molar-refractivity contribution in [2.45, 2.75) is 39.0 Å². The Labute approximate surface area is 141 Å². The Hall–Kier alpha value is -2.69. The predicted octanol–water partition coefficient (Wildman–Crippen LogP) is 4.51. The van der Waals surface area contributed by atoms with Gasteiger partial charge in [-0.3, -0.25) is 14.9 Å². The zero-order chi connectivity index (χ0) is 17.4. The van der Waals surface area contributed by atoms with Gasteiger partial charge in [0.1, 0.15) is 0 Å². The molecule has 5 nitrogen and oxygen atoms in total. The first-order valence-electron chi connectivity index (χ1n) is 8.21. The summed E-state index contributed by atoms with van der Waals surface area (Å²) in [5.41, 5.74) is 2.34. The van der Waals surface area contributed by atoms with E-state index in [9.17, 15) is 14.9 Å². The molecule has 0 aromatic heterocycles. The average molecular weight is 326 g/mol. The molecule has 0 aliphatic heterocycles. The molecule has 24 heavy (non-hydrogen) atoms. The summed E-state index contributed by atoms with van der Waals surface area (Å²) in [5, 5.41) is 13.8. The van der Waals surface area contributed by atoms with E-state index in [1.54, 1.807) is 18.2 Å². The smallest absolute Gasteiger partial charge is 0.273 e. The number of para-hydroxylation sites is 1. The number of unbranched alkanes of at least 4 members (excludes halogenated alkanes) is 2. The van der Waals surface area contributed by atoms with Gasteiger partial charge in [-0.25, -0.2) is 0 Å². The Morgan fingerprint density at radius 2 is 1.79 bits per heavy atom. The lowest BCUT2D eigenvalue weighted by Gasteiger charge is -2.07. The van der Waals surface area contributed by atoms with Gasteiger partial charge in [0.15, 0.2) is 0 Å². The van der Waals surface area contributed by atoms with Gasteiger partial charge in [-0.05, 0) is 30.5 Å². The van der Waals surface area contributed by atoms with E-state index in [-0.39, 0.29) is 18.0 Å². The lowest BCUT2D eigenvalue weighted by atomic mass is 10.1. The van der Waals surface area contributed by atoms with Gasteiger partial charge in [-0.2, -0.15) is 0 Å². The number of carbonyl (C=O) groups is 1.